The van der Waals surface area contributed by atoms with Crippen LogP contribution in [-0.2, 0) is 20.7 Å². The number of carboxylic acids is 1. The first kappa shape index (κ1) is 17.9. The summed E-state index contributed by atoms with van der Waals surface area (Å²) in [5, 5.41) is 8.87. The van der Waals surface area contributed by atoms with Gasteiger partial charge in [0.05, 0.1) is 25.2 Å². The topological polar surface area (TPSA) is 70.1 Å². The number of ether oxygens (including phenoxy) is 1. The fourth-order valence-corrected chi connectivity index (χ4v) is 3.90. The van der Waals surface area contributed by atoms with Crippen molar-refractivity contribution < 1.29 is 19.4 Å². The number of morpholine rings is 1. The van der Waals surface area contributed by atoms with Crippen molar-refractivity contribution in [2.24, 2.45) is 0 Å². The van der Waals surface area contributed by atoms with Crippen molar-refractivity contribution in [2.75, 3.05) is 39.8 Å². The molecule has 0 bridgehead atoms. The van der Waals surface area contributed by atoms with Crippen LogP contribution in [0.4, 0.5) is 0 Å². The van der Waals surface area contributed by atoms with Gasteiger partial charge in [-0.2, -0.15) is 0 Å². The molecule has 1 amide bonds. The number of nitrogens with zero attached hydrogens (tertiary/aromatic N) is 2. The third-order valence-corrected chi connectivity index (χ3v) is 5.04. The normalized spacial score (nSPS) is 23.4. The summed E-state index contributed by atoms with van der Waals surface area (Å²) in [6.07, 6.45) is 2.85. The number of benzene rings is 1. The molecule has 3 rings (SSSR count). The van der Waals surface area contributed by atoms with Crippen molar-refractivity contribution in [3.05, 3.63) is 35.4 Å². The van der Waals surface area contributed by atoms with E-state index in [1.54, 1.807) is 11.9 Å². The maximum Gasteiger partial charge on any atom is 0.317 e. The van der Waals surface area contributed by atoms with Crippen LogP contribution in [0, 0.1) is 0 Å². The van der Waals surface area contributed by atoms with Gasteiger partial charge in [0.2, 0.25) is 5.91 Å². The highest BCUT2D eigenvalue weighted by molar-refractivity contribution is 5.84. The van der Waals surface area contributed by atoms with Crippen molar-refractivity contribution in [1.82, 2.24) is 9.80 Å². The lowest BCUT2D eigenvalue weighted by Crippen LogP contribution is -2.51. The molecule has 6 nitrogen and oxygen atoms in total. The molecule has 1 saturated heterocycles. The van der Waals surface area contributed by atoms with E-state index in [1.807, 2.05) is 17.0 Å². The average Bonchev–Trinajstić information content (AvgIpc) is 2.60. The molecule has 1 N–H and O–H groups in total. The zero-order chi connectivity index (χ0) is 17.8. The van der Waals surface area contributed by atoms with Gasteiger partial charge in [0.25, 0.3) is 0 Å². The Morgan fingerprint density at radius 3 is 2.96 bits per heavy atom. The van der Waals surface area contributed by atoms with Gasteiger partial charge in [-0.25, -0.2) is 0 Å². The van der Waals surface area contributed by atoms with Gasteiger partial charge in [0, 0.05) is 19.6 Å². The van der Waals surface area contributed by atoms with Gasteiger partial charge in [-0.15, -0.1) is 0 Å². The number of carbonyl (C=O) groups is 2. The first-order valence-electron chi connectivity index (χ1n) is 8.93. The van der Waals surface area contributed by atoms with Gasteiger partial charge in [-0.05, 0) is 37.4 Å². The molecule has 0 saturated carbocycles. The Morgan fingerprint density at radius 1 is 1.36 bits per heavy atom. The van der Waals surface area contributed by atoms with Gasteiger partial charge < -0.3 is 14.7 Å². The minimum Gasteiger partial charge on any atom is -0.480 e. The molecule has 6 heteroatoms. The van der Waals surface area contributed by atoms with E-state index in [4.69, 9.17) is 9.84 Å². The van der Waals surface area contributed by atoms with E-state index in [9.17, 15) is 9.59 Å². The van der Waals surface area contributed by atoms with E-state index in [2.05, 4.69) is 12.1 Å². The summed E-state index contributed by atoms with van der Waals surface area (Å²) < 4.78 is 5.74. The second-order valence-electron chi connectivity index (χ2n) is 7.01. The zero-order valence-electron chi connectivity index (χ0n) is 14.7. The van der Waals surface area contributed by atoms with E-state index in [1.165, 1.54) is 11.1 Å². The molecular formula is C19H26N2O4. The summed E-state index contributed by atoms with van der Waals surface area (Å²) in [6, 6.07) is 8.25. The monoisotopic (exact) mass is 346 g/mol. The minimum atomic E-state index is -0.856. The first-order chi connectivity index (χ1) is 12.0. The Bertz CT molecular complexity index is 634. The molecule has 2 aliphatic rings. The second kappa shape index (κ2) is 7.97. The molecule has 25 heavy (non-hydrogen) atoms. The smallest absolute Gasteiger partial charge is 0.317 e. The largest absolute Gasteiger partial charge is 0.480 e. The molecule has 1 heterocycles. The van der Waals surface area contributed by atoms with Crippen LogP contribution in [0.5, 0.6) is 0 Å². The lowest BCUT2D eigenvalue weighted by atomic mass is 9.82. The third-order valence-electron chi connectivity index (χ3n) is 5.04. The number of fused-ring (bicyclic) bond motifs is 1. The fraction of sp³-hybridized carbons (Fsp3) is 0.579. The number of hydrogen-bond donors (Lipinski definition) is 1. The van der Waals surface area contributed by atoms with Crippen molar-refractivity contribution in [2.45, 2.75) is 31.3 Å². The summed E-state index contributed by atoms with van der Waals surface area (Å²) in [5.74, 6) is -0.730. The Morgan fingerprint density at radius 2 is 2.16 bits per heavy atom. The van der Waals surface area contributed by atoms with Gasteiger partial charge in [0.1, 0.15) is 0 Å². The number of likely N-dealkylation sites (N-methyl/N-ethyl adjacent to an activating group) is 1. The predicted octanol–water partition coefficient (Wildman–Crippen LogP) is 1.35. The van der Waals surface area contributed by atoms with Crippen LogP contribution in [0.15, 0.2) is 24.3 Å². The Balaban J connectivity index is 1.64. The van der Waals surface area contributed by atoms with E-state index in [0.717, 1.165) is 19.3 Å². The van der Waals surface area contributed by atoms with Crippen LogP contribution in [-0.4, -0.2) is 72.7 Å². The van der Waals surface area contributed by atoms with Crippen LogP contribution in [0.3, 0.4) is 0 Å². The van der Waals surface area contributed by atoms with Crippen molar-refractivity contribution in [3.63, 3.8) is 0 Å². The third kappa shape index (κ3) is 4.38. The average molecular weight is 346 g/mol. The van der Waals surface area contributed by atoms with Crippen LogP contribution >= 0.6 is 0 Å². The molecule has 0 spiro atoms. The molecule has 1 aliphatic heterocycles. The van der Waals surface area contributed by atoms with Crippen LogP contribution < -0.4 is 0 Å². The van der Waals surface area contributed by atoms with Crippen LogP contribution in [0.1, 0.15) is 29.9 Å². The lowest BCUT2D eigenvalue weighted by Gasteiger charge is -2.37. The van der Waals surface area contributed by atoms with Gasteiger partial charge >= 0.3 is 5.97 Å². The summed E-state index contributed by atoms with van der Waals surface area (Å²) in [4.78, 5) is 27.5. The maximum atomic E-state index is 13.1. The van der Waals surface area contributed by atoms with Gasteiger partial charge in [0.15, 0.2) is 0 Å². The number of rotatable bonds is 5. The van der Waals surface area contributed by atoms with E-state index in [-0.39, 0.29) is 24.5 Å². The summed E-state index contributed by atoms with van der Waals surface area (Å²) in [5.41, 5.74) is 2.46. The highest BCUT2D eigenvalue weighted by Crippen LogP contribution is 2.33. The number of carbonyl (C=O) groups excluding carboxylic acids is 1. The van der Waals surface area contributed by atoms with Crippen molar-refractivity contribution >= 4 is 11.9 Å². The molecular weight excluding hydrogens is 320 g/mol. The Labute approximate surface area is 148 Å². The fourth-order valence-electron chi connectivity index (χ4n) is 3.90. The summed E-state index contributed by atoms with van der Waals surface area (Å²) in [6.45, 7) is 2.13. The zero-order valence-corrected chi connectivity index (χ0v) is 14.7. The van der Waals surface area contributed by atoms with Crippen molar-refractivity contribution in [1.29, 1.82) is 0 Å². The number of amides is 1. The Hall–Kier alpha value is -1.92. The molecule has 0 aromatic heterocycles. The molecule has 0 radical (unpaired) electrons. The summed E-state index contributed by atoms with van der Waals surface area (Å²) >= 11 is 0. The van der Waals surface area contributed by atoms with Crippen LogP contribution in [0.2, 0.25) is 0 Å². The summed E-state index contributed by atoms with van der Waals surface area (Å²) in [7, 11) is 1.76. The highest BCUT2D eigenvalue weighted by Gasteiger charge is 2.33. The lowest BCUT2D eigenvalue weighted by molar-refractivity contribution is -0.143. The van der Waals surface area contributed by atoms with Gasteiger partial charge in [-0.3, -0.25) is 14.5 Å². The van der Waals surface area contributed by atoms with Crippen molar-refractivity contribution in [3.8, 4) is 0 Å². The van der Waals surface area contributed by atoms with Crippen LogP contribution in [0.25, 0.3) is 0 Å². The predicted molar refractivity (Wildman–Crippen MR) is 93.6 cm³/mol. The SMILES string of the molecule is CN(CC(=O)O)CC1CN(C(=O)C2CCCc3ccccc32)CCO1. The highest BCUT2D eigenvalue weighted by atomic mass is 16.5. The Kier molecular flexibility index (Phi) is 5.71. The maximum absolute atomic E-state index is 13.1. The molecule has 1 aromatic carbocycles. The molecule has 2 atom stereocenters. The number of aliphatic carboxylic acids is 1. The van der Waals surface area contributed by atoms with E-state index in [0.29, 0.717) is 26.2 Å². The minimum absolute atomic E-state index is 0.0240. The van der Waals surface area contributed by atoms with E-state index < -0.39 is 5.97 Å². The number of carboxylic acid groups (broad SMARTS) is 1. The molecule has 1 fully saturated rings. The van der Waals surface area contributed by atoms with Gasteiger partial charge in [-0.1, -0.05) is 24.3 Å². The number of aryl methyl sites for hydroxylation is 1. The quantitative estimate of drug-likeness (QED) is 0.871. The number of hydrogen-bond acceptors (Lipinski definition) is 4. The van der Waals surface area contributed by atoms with E-state index >= 15 is 0 Å². The molecule has 1 aliphatic carbocycles. The second-order valence-corrected chi connectivity index (χ2v) is 7.01. The molecule has 1 aromatic rings. The molecule has 136 valence electrons. The standard InChI is InChI=1S/C19H26N2O4/c1-20(13-18(22)23)11-15-12-21(9-10-25-15)19(24)17-8-4-6-14-5-2-3-7-16(14)17/h2-3,5,7,15,17H,4,6,8-13H2,1H3,(H,22,23). The molecule has 2 unspecified atom stereocenters. The first-order valence-corrected chi connectivity index (χ1v) is 8.93.